The van der Waals surface area contributed by atoms with E-state index in [9.17, 15) is 4.79 Å². The van der Waals surface area contributed by atoms with Gasteiger partial charge in [0.15, 0.2) is 11.0 Å². The summed E-state index contributed by atoms with van der Waals surface area (Å²) in [5.74, 6) is 0.880. The topological polar surface area (TPSA) is 67.3 Å². The van der Waals surface area contributed by atoms with Crippen molar-refractivity contribution in [2.45, 2.75) is 39.2 Å². The molecule has 23 heavy (non-hydrogen) atoms. The Morgan fingerprint density at radius 3 is 3.00 bits per heavy atom. The molecular weight excluding hydrogens is 316 g/mol. The Hall–Kier alpha value is -1.40. The van der Waals surface area contributed by atoms with E-state index in [1.165, 1.54) is 0 Å². The largest absolute Gasteiger partial charge is 0.379 e. The number of anilines is 1. The lowest BCUT2D eigenvalue weighted by molar-refractivity contribution is -0.125. The molecule has 1 atom stereocenters. The van der Waals surface area contributed by atoms with Crippen molar-refractivity contribution in [3.05, 3.63) is 17.3 Å². The Morgan fingerprint density at radius 2 is 2.30 bits per heavy atom. The highest BCUT2D eigenvalue weighted by atomic mass is 35.5. The van der Waals surface area contributed by atoms with Gasteiger partial charge in [0, 0.05) is 26.2 Å². The minimum Gasteiger partial charge on any atom is -0.379 e. The average molecular weight is 341 g/mol. The maximum absolute atomic E-state index is 12.3. The summed E-state index contributed by atoms with van der Waals surface area (Å²) >= 11 is 5.77. The molecule has 1 aromatic rings. The second-order valence-corrected chi connectivity index (χ2v) is 6.45. The van der Waals surface area contributed by atoms with Crippen LogP contribution in [0.2, 0.25) is 5.15 Å². The van der Waals surface area contributed by atoms with Crippen molar-refractivity contribution >= 4 is 23.3 Å². The van der Waals surface area contributed by atoms with Gasteiger partial charge in [-0.15, -0.1) is 10.2 Å². The van der Waals surface area contributed by atoms with E-state index in [2.05, 4.69) is 20.4 Å². The van der Waals surface area contributed by atoms with E-state index in [1.54, 1.807) is 6.07 Å². The summed E-state index contributed by atoms with van der Waals surface area (Å²) in [6, 6.07) is 3.57. The van der Waals surface area contributed by atoms with Crippen LogP contribution in [-0.2, 0) is 9.53 Å². The van der Waals surface area contributed by atoms with Crippen molar-refractivity contribution < 1.29 is 9.53 Å². The van der Waals surface area contributed by atoms with Gasteiger partial charge in [-0.2, -0.15) is 0 Å². The van der Waals surface area contributed by atoms with Gasteiger partial charge in [-0.05, 0) is 45.2 Å². The fourth-order valence-electron chi connectivity index (χ4n) is 2.62. The smallest absolute Gasteiger partial charge is 0.224 e. The van der Waals surface area contributed by atoms with Crippen molar-refractivity contribution in [1.29, 1.82) is 0 Å². The number of hydrogen-bond acceptors (Lipinski definition) is 5. The Bertz CT molecular complexity index is 495. The Labute approximate surface area is 142 Å². The predicted octanol–water partition coefficient (Wildman–Crippen LogP) is 2.28. The van der Waals surface area contributed by atoms with Crippen LogP contribution < -0.4 is 10.2 Å². The molecule has 0 aromatic carbocycles. The number of piperidine rings is 1. The van der Waals surface area contributed by atoms with Crippen LogP contribution in [-0.4, -0.2) is 48.4 Å². The average Bonchev–Trinajstić information content (AvgIpc) is 2.55. The molecule has 1 saturated heterocycles. The van der Waals surface area contributed by atoms with Crippen LogP contribution in [0.25, 0.3) is 0 Å². The fourth-order valence-corrected chi connectivity index (χ4v) is 2.72. The lowest BCUT2D eigenvalue weighted by Gasteiger charge is -2.32. The summed E-state index contributed by atoms with van der Waals surface area (Å²) < 4.78 is 5.47. The molecule has 6 nitrogen and oxygen atoms in total. The van der Waals surface area contributed by atoms with Crippen molar-refractivity contribution in [1.82, 2.24) is 15.5 Å². The van der Waals surface area contributed by atoms with Crippen LogP contribution in [0.15, 0.2) is 12.1 Å². The number of amides is 1. The Morgan fingerprint density at radius 1 is 1.48 bits per heavy atom. The normalized spacial score (nSPS) is 18.3. The molecule has 0 unspecified atom stereocenters. The van der Waals surface area contributed by atoms with Crippen LogP contribution in [0, 0.1) is 5.92 Å². The van der Waals surface area contributed by atoms with Crippen molar-refractivity contribution in [3.63, 3.8) is 0 Å². The molecule has 1 amide bonds. The zero-order valence-electron chi connectivity index (χ0n) is 13.8. The van der Waals surface area contributed by atoms with Gasteiger partial charge in [0.05, 0.1) is 12.0 Å². The molecule has 1 aliphatic heterocycles. The first-order valence-electron chi connectivity index (χ1n) is 8.19. The number of ether oxygens (including phenoxy) is 1. The third kappa shape index (κ3) is 5.95. The first-order chi connectivity index (χ1) is 11.1. The first-order valence-corrected chi connectivity index (χ1v) is 8.57. The lowest BCUT2D eigenvalue weighted by Crippen LogP contribution is -2.43. The monoisotopic (exact) mass is 340 g/mol. The first kappa shape index (κ1) is 17.9. The minimum absolute atomic E-state index is 0.00718. The number of rotatable bonds is 7. The van der Waals surface area contributed by atoms with Crippen LogP contribution in [0.1, 0.15) is 33.1 Å². The molecule has 128 valence electrons. The van der Waals surface area contributed by atoms with Gasteiger partial charge in [-0.25, -0.2) is 0 Å². The highest BCUT2D eigenvalue weighted by molar-refractivity contribution is 6.29. The molecule has 1 N–H and O–H groups in total. The summed E-state index contributed by atoms with van der Waals surface area (Å²) in [5, 5.41) is 11.3. The van der Waals surface area contributed by atoms with E-state index in [-0.39, 0.29) is 17.9 Å². The maximum Gasteiger partial charge on any atom is 0.224 e. The number of carbonyl (C=O) groups excluding carboxylic acids is 1. The molecule has 1 aliphatic rings. The van der Waals surface area contributed by atoms with E-state index in [1.807, 2.05) is 19.9 Å². The zero-order chi connectivity index (χ0) is 16.7. The third-order valence-electron chi connectivity index (χ3n) is 3.81. The van der Waals surface area contributed by atoms with E-state index >= 15 is 0 Å². The Balaban J connectivity index is 1.76. The SMILES string of the molecule is CC(C)OCCCNC(=O)[C@H]1CCCN(c2ccc(Cl)nn2)C1. The second-order valence-electron chi connectivity index (χ2n) is 6.06. The minimum atomic E-state index is -0.00718. The Kier molecular flexibility index (Phi) is 7.05. The standard InChI is InChI=1S/C16H25ClN4O2/c1-12(2)23-10-4-8-18-16(22)13-5-3-9-21(11-13)15-7-6-14(17)19-20-15/h6-7,12-13H,3-5,8-11H2,1-2H3,(H,18,22)/t13-/m0/s1. The quantitative estimate of drug-likeness (QED) is 0.771. The molecule has 7 heteroatoms. The highest BCUT2D eigenvalue weighted by Gasteiger charge is 2.26. The van der Waals surface area contributed by atoms with Crippen molar-refractivity contribution in [2.24, 2.45) is 5.92 Å². The number of nitrogens with one attached hydrogen (secondary N) is 1. The van der Waals surface area contributed by atoms with Gasteiger partial charge >= 0.3 is 0 Å². The van der Waals surface area contributed by atoms with Crippen LogP contribution >= 0.6 is 11.6 Å². The molecule has 0 saturated carbocycles. The number of nitrogens with zero attached hydrogens (tertiary/aromatic N) is 3. The fraction of sp³-hybridized carbons (Fsp3) is 0.688. The van der Waals surface area contributed by atoms with Gasteiger partial charge < -0.3 is 15.0 Å². The zero-order valence-corrected chi connectivity index (χ0v) is 14.6. The van der Waals surface area contributed by atoms with E-state index in [4.69, 9.17) is 16.3 Å². The maximum atomic E-state index is 12.3. The van der Waals surface area contributed by atoms with E-state index in [0.717, 1.165) is 31.6 Å². The van der Waals surface area contributed by atoms with Crippen LogP contribution in [0.5, 0.6) is 0 Å². The van der Waals surface area contributed by atoms with Crippen LogP contribution in [0.3, 0.4) is 0 Å². The van der Waals surface area contributed by atoms with Gasteiger partial charge in [0.1, 0.15) is 0 Å². The summed E-state index contributed by atoms with van der Waals surface area (Å²) in [6.07, 6.45) is 2.95. The predicted molar refractivity (Wildman–Crippen MR) is 90.7 cm³/mol. The van der Waals surface area contributed by atoms with Crippen molar-refractivity contribution in [2.75, 3.05) is 31.1 Å². The lowest BCUT2D eigenvalue weighted by atomic mass is 9.97. The second kappa shape index (κ2) is 9.03. The van der Waals surface area contributed by atoms with Crippen LogP contribution in [0.4, 0.5) is 5.82 Å². The summed E-state index contributed by atoms with van der Waals surface area (Å²) in [4.78, 5) is 14.4. The summed E-state index contributed by atoms with van der Waals surface area (Å²) in [6.45, 7) is 6.91. The molecule has 2 heterocycles. The third-order valence-corrected chi connectivity index (χ3v) is 4.01. The molecule has 0 bridgehead atoms. The molecule has 0 spiro atoms. The van der Waals surface area contributed by atoms with E-state index in [0.29, 0.717) is 24.8 Å². The number of carbonyl (C=O) groups is 1. The van der Waals surface area contributed by atoms with Gasteiger partial charge in [-0.3, -0.25) is 4.79 Å². The van der Waals surface area contributed by atoms with Gasteiger partial charge in [0.2, 0.25) is 5.91 Å². The van der Waals surface area contributed by atoms with Gasteiger partial charge in [-0.1, -0.05) is 11.6 Å². The van der Waals surface area contributed by atoms with Gasteiger partial charge in [0.25, 0.3) is 0 Å². The number of hydrogen-bond donors (Lipinski definition) is 1. The molecule has 1 aromatic heterocycles. The van der Waals surface area contributed by atoms with Crippen molar-refractivity contribution in [3.8, 4) is 0 Å². The summed E-state index contributed by atoms with van der Waals surface area (Å²) in [5.41, 5.74) is 0. The molecular formula is C16H25ClN4O2. The molecule has 2 rings (SSSR count). The summed E-state index contributed by atoms with van der Waals surface area (Å²) in [7, 11) is 0. The highest BCUT2D eigenvalue weighted by Crippen LogP contribution is 2.21. The molecule has 0 radical (unpaired) electrons. The molecule has 0 aliphatic carbocycles. The number of halogens is 1. The molecule has 1 fully saturated rings. The van der Waals surface area contributed by atoms with E-state index < -0.39 is 0 Å². The number of aromatic nitrogens is 2.